The molecule has 166 valence electrons. The second-order valence-corrected chi connectivity index (χ2v) is 8.41. The minimum Gasteiger partial charge on any atom is -0.494 e. The average molecular weight is 432 g/mol. The zero-order chi connectivity index (χ0) is 22.8. The van der Waals surface area contributed by atoms with E-state index in [0.717, 1.165) is 41.7 Å². The van der Waals surface area contributed by atoms with Gasteiger partial charge in [-0.25, -0.2) is 0 Å². The normalized spacial score (nSPS) is 15.3. The first-order valence-corrected chi connectivity index (χ1v) is 11.2. The van der Waals surface area contributed by atoms with E-state index in [0.29, 0.717) is 29.7 Å². The fourth-order valence-corrected chi connectivity index (χ4v) is 4.44. The molecule has 1 atom stereocenters. The molecule has 5 heteroatoms. The number of hydrogen-bond donors (Lipinski definition) is 0. The lowest BCUT2D eigenvalue weighted by Gasteiger charge is -2.24. The minimum atomic E-state index is -0.522. The standard InChI is InChI=1S/C27H29NO4/c1-5-7-8-14-31-20-11-9-19(10-12-20)23-22-24(29)21-16-17(3)15-18(4)25(21)32-26(22)27(30)28(23)13-6-2/h6,9-12,15-16,23H,2,5,7-8,13-14H2,1,3-4H3. The van der Waals surface area contributed by atoms with Crippen LogP contribution >= 0.6 is 0 Å². The molecule has 0 bridgehead atoms. The Morgan fingerprint density at radius 3 is 2.56 bits per heavy atom. The maximum absolute atomic E-state index is 13.6. The second kappa shape index (κ2) is 9.03. The number of carbonyl (C=O) groups excluding carboxylic acids is 1. The van der Waals surface area contributed by atoms with Gasteiger partial charge in [0.05, 0.1) is 23.6 Å². The van der Waals surface area contributed by atoms with Gasteiger partial charge in [0.25, 0.3) is 5.91 Å². The molecule has 0 aliphatic carbocycles. The lowest BCUT2D eigenvalue weighted by Crippen LogP contribution is -2.29. The highest BCUT2D eigenvalue weighted by Gasteiger charge is 2.42. The van der Waals surface area contributed by atoms with Crippen molar-refractivity contribution in [1.29, 1.82) is 0 Å². The van der Waals surface area contributed by atoms with Gasteiger partial charge in [-0.3, -0.25) is 9.59 Å². The number of rotatable bonds is 8. The van der Waals surface area contributed by atoms with Gasteiger partial charge < -0.3 is 14.1 Å². The Labute approximate surface area is 188 Å². The van der Waals surface area contributed by atoms with E-state index in [2.05, 4.69) is 13.5 Å². The molecule has 0 spiro atoms. The van der Waals surface area contributed by atoms with E-state index in [9.17, 15) is 9.59 Å². The number of carbonyl (C=O) groups is 1. The van der Waals surface area contributed by atoms with E-state index in [-0.39, 0.29) is 17.1 Å². The molecule has 2 aromatic carbocycles. The molecule has 32 heavy (non-hydrogen) atoms. The first kappa shape index (κ1) is 21.9. The monoisotopic (exact) mass is 431 g/mol. The second-order valence-electron chi connectivity index (χ2n) is 8.41. The molecular formula is C27H29NO4. The molecule has 1 aliphatic heterocycles. The van der Waals surface area contributed by atoms with Gasteiger partial charge in [-0.05, 0) is 55.2 Å². The summed E-state index contributed by atoms with van der Waals surface area (Å²) in [5.74, 6) is 0.617. The van der Waals surface area contributed by atoms with E-state index in [1.165, 1.54) is 0 Å². The van der Waals surface area contributed by atoms with E-state index in [1.54, 1.807) is 11.0 Å². The van der Waals surface area contributed by atoms with Crippen LogP contribution in [0.2, 0.25) is 0 Å². The number of nitrogens with zero attached hydrogens (tertiary/aromatic N) is 1. The average Bonchev–Trinajstić information content (AvgIpc) is 3.05. The van der Waals surface area contributed by atoms with Crippen LogP contribution in [0.4, 0.5) is 0 Å². The quantitative estimate of drug-likeness (QED) is 0.339. The Hall–Kier alpha value is -3.34. The molecule has 3 aromatic rings. The van der Waals surface area contributed by atoms with Crippen molar-refractivity contribution in [2.75, 3.05) is 13.2 Å². The van der Waals surface area contributed by atoms with E-state index >= 15 is 0 Å². The predicted octanol–water partition coefficient (Wildman–Crippen LogP) is 5.71. The van der Waals surface area contributed by atoms with Gasteiger partial charge in [0.1, 0.15) is 11.3 Å². The molecule has 0 radical (unpaired) electrons. The van der Waals surface area contributed by atoms with E-state index < -0.39 is 6.04 Å². The molecule has 1 aromatic heterocycles. The first-order chi connectivity index (χ1) is 15.5. The minimum absolute atomic E-state index is 0.126. The number of ether oxygens (including phenoxy) is 1. The summed E-state index contributed by atoms with van der Waals surface area (Å²) in [6, 6.07) is 10.9. The molecule has 0 saturated heterocycles. The Bertz CT molecular complexity index is 1220. The number of amides is 1. The van der Waals surface area contributed by atoms with Crippen molar-refractivity contribution in [1.82, 2.24) is 4.90 Å². The smallest absolute Gasteiger partial charge is 0.291 e. The molecule has 5 nitrogen and oxygen atoms in total. The van der Waals surface area contributed by atoms with Crippen molar-refractivity contribution in [3.63, 3.8) is 0 Å². The fraction of sp³-hybridized carbons (Fsp3) is 0.333. The third-order valence-corrected chi connectivity index (χ3v) is 5.94. The van der Waals surface area contributed by atoms with Crippen LogP contribution < -0.4 is 10.2 Å². The Balaban J connectivity index is 1.78. The van der Waals surface area contributed by atoms with Gasteiger partial charge in [0, 0.05) is 6.54 Å². The highest BCUT2D eigenvalue weighted by atomic mass is 16.5. The van der Waals surface area contributed by atoms with Crippen LogP contribution in [0.3, 0.4) is 0 Å². The van der Waals surface area contributed by atoms with Crippen LogP contribution in [0.25, 0.3) is 11.0 Å². The summed E-state index contributed by atoms with van der Waals surface area (Å²) >= 11 is 0. The predicted molar refractivity (Wildman–Crippen MR) is 126 cm³/mol. The molecular weight excluding hydrogens is 402 g/mol. The number of benzene rings is 2. The van der Waals surface area contributed by atoms with Crippen molar-refractivity contribution in [2.45, 2.75) is 46.1 Å². The third-order valence-electron chi connectivity index (χ3n) is 5.94. The Morgan fingerprint density at radius 2 is 1.88 bits per heavy atom. The summed E-state index contributed by atoms with van der Waals surface area (Å²) in [7, 11) is 0. The summed E-state index contributed by atoms with van der Waals surface area (Å²) in [4.78, 5) is 28.5. The topological polar surface area (TPSA) is 59.8 Å². The zero-order valence-corrected chi connectivity index (χ0v) is 18.9. The van der Waals surface area contributed by atoms with E-state index in [4.69, 9.17) is 9.15 Å². The van der Waals surface area contributed by atoms with Crippen molar-refractivity contribution >= 4 is 16.9 Å². The van der Waals surface area contributed by atoms with Gasteiger partial charge in [-0.1, -0.05) is 44.0 Å². The summed E-state index contributed by atoms with van der Waals surface area (Å²) < 4.78 is 11.9. The molecule has 4 rings (SSSR count). The SMILES string of the molecule is C=CCN1C(=O)c2oc3c(C)cc(C)cc3c(=O)c2C1c1ccc(OCCCCC)cc1. The summed E-state index contributed by atoms with van der Waals surface area (Å²) in [6.07, 6.45) is 4.97. The van der Waals surface area contributed by atoms with Crippen LogP contribution in [0.1, 0.15) is 65.0 Å². The molecule has 2 heterocycles. The van der Waals surface area contributed by atoms with E-state index in [1.807, 2.05) is 50.2 Å². The Kier molecular flexibility index (Phi) is 6.17. The largest absolute Gasteiger partial charge is 0.494 e. The van der Waals surface area contributed by atoms with Crippen molar-refractivity contribution < 1.29 is 13.9 Å². The summed E-state index contributed by atoms with van der Waals surface area (Å²) in [6.45, 7) is 10.8. The van der Waals surface area contributed by atoms with Crippen LogP contribution in [-0.4, -0.2) is 24.0 Å². The molecule has 1 aliphatic rings. The molecule has 1 amide bonds. The van der Waals surface area contributed by atoms with Gasteiger partial charge in [-0.2, -0.15) is 0 Å². The Morgan fingerprint density at radius 1 is 1.12 bits per heavy atom. The van der Waals surface area contributed by atoms with Crippen LogP contribution in [0.5, 0.6) is 5.75 Å². The summed E-state index contributed by atoms with van der Waals surface area (Å²) in [5.41, 5.74) is 3.38. The summed E-state index contributed by atoms with van der Waals surface area (Å²) in [5, 5.41) is 0.510. The number of fused-ring (bicyclic) bond motifs is 2. The molecule has 0 saturated carbocycles. The van der Waals surface area contributed by atoms with Crippen molar-refractivity contribution in [3.8, 4) is 5.75 Å². The number of unbranched alkanes of at least 4 members (excludes halogenated alkanes) is 2. The lowest BCUT2D eigenvalue weighted by molar-refractivity contribution is 0.0748. The highest BCUT2D eigenvalue weighted by Crippen LogP contribution is 2.39. The molecule has 0 fully saturated rings. The van der Waals surface area contributed by atoms with Gasteiger partial charge >= 0.3 is 0 Å². The number of hydrogen-bond acceptors (Lipinski definition) is 4. The van der Waals surface area contributed by atoms with Gasteiger partial charge in [0.2, 0.25) is 5.76 Å². The van der Waals surface area contributed by atoms with Crippen molar-refractivity contribution in [2.24, 2.45) is 0 Å². The van der Waals surface area contributed by atoms with Crippen LogP contribution in [-0.2, 0) is 0 Å². The molecule has 0 N–H and O–H groups in total. The van der Waals surface area contributed by atoms with Crippen LogP contribution in [0, 0.1) is 13.8 Å². The lowest BCUT2D eigenvalue weighted by atomic mass is 9.97. The number of aryl methyl sites for hydroxylation is 2. The maximum Gasteiger partial charge on any atom is 0.291 e. The van der Waals surface area contributed by atoms with Gasteiger partial charge in [0.15, 0.2) is 5.43 Å². The fourth-order valence-electron chi connectivity index (χ4n) is 4.44. The molecule has 1 unspecified atom stereocenters. The third kappa shape index (κ3) is 3.83. The maximum atomic E-state index is 13.6. The zero-order valence-electron chi connectivity index (χ0n) is 18.9. The van der Waals surface area contributed by atoms with Crippen molar-refractivity contribution in [3.05, 3.63) is 87.3 Å². The highest BCUT2D eigenvalue weighted by molar-refractivity contribution is 5.99. The van der Waals surface area contributed by atoms with Gasteiger partial charge in [-0.15, -0.1) is 6.58 Å². The first-order valence-electron chi connectivity index (χ1n) is 11.2. The van der Waals surface area contributed by atoms with Crippen LogP contribution in [0.15, 0.2) is 58.3 Å².